The fourth-order valence-electron chi connectivity index (χ4n) is 2.67. The van der Waals surface area contributed by atoms with Crippen molar-refractivity contribution < 1.29 is 9.53 Å². The van der Waals surface area contributed by atoms with Crippen LogP contribution in [0.5, 0.6) is 5.75 Å². The first-order chi connectivity index (χ1) is 12.0. The number of rotatable bonds is 4. The van der Waals surface area contributed by atoms with Crippen molar-refractivity contribution in [2.45, 2.75) is 27.3 Å². The minimum atomic E-state index is -0.306. The first-order valence-electron chi connectivity index (χ1n) is 8.05. The fourth-order valence-corrected chi connectivity index (χ4v) is 4.05. The summed E-state index contributed by atoms with van der Waals surface area (Å²) in [6.45, 7) is 6.87. The smallest absolute Gasteiger partial charge is 0.286 e. The number of aromatic nitrogens is 1. The van der Waals surface area contributed by atoms with Crippen molar-refractivity contribution in [3.05, 3.63) is 57.3 Å². The maximum absolute atomic E-state index is 12.2. The molecule has 0 aliphatic rings. The molecule has 25 heavy (non-hydrogen) atoms. The number of ether oxygens (including phenoxy) is 1. The van der Waals surface area contributed by atoms with Gasteiger partial charge in [0.1, 0.15) is 5.75 Å². The van der Waals surface area contributed by atoms with E-state index in [-0.39, 0.29) is 12.5 Å². The molecule has 0 N–H and O–H groups in total. The summed E-state index contributed by atoms with van der Waals surface area (Å²) >= 11 is 7.38. The molecule has 0 aliphatic heterocycles. The lowest BCUT2D eigenvalue weighted by Crippen LogP contribution is -2.19. The Balaban J connectivity index is 1.89. The number of carbonyl (C=O) groups is 1. The summed E-state index contributed by atoms with van der Waals surface area (Å²) in [6, 6.07) is 11.1. The summed E-state index contributed by atoms with van der Waals surface area (Å²) in [6.07, 6.45) is 0. The third-order valence-electron chi connectivity index (χ3n) is 3.94. The van der Waals surface area contributed by atoms with Gasteiger partial charge in [-0.15, -0.1) is 0 Å². The summed E-state index contributed by atoms with van der Waals surface area (Å²) in [7, 11) is 0. The minimum Gasteiger partial charge on any atom is -0.484 e. The van der Waals surface area contributed by atoms with Crippen molar-refractivity contribution >= 4 is 39.1 Å². The largest absolute Gasteiger partial charge is 0.484 e. The van der Waals surface area contributed by atoms with E-state index in [1.54, 1.807) is 35.6 Å². The van der Waals surface area contributed by atoms with Crippen LogP contribution < -0.4 is 9.54 Å². The van der Waals surface area contributed by atoms with E-state index in [1.165, 1.54) is 15.8 Å². The molecule has 1 amide bonds. The van der Waals surface area contributed by atoms with Crippen LogP contribution in [0, 0.1) is 13.8 Å². The topological polar surface area (TPSA) is 43.6 Å². The van der Waals surface area contributed by atoms with Gasteiger partial charge in [0.25, 0.3) is 5.91 Å². The Morgan fingerprint density at radius 1 is 1.16 bits per heavy atom. The Morgan fingerprint density at radius 3 is 2.52 bits per heavy atom. The van der Waals surface area contributed by atoms with Gasteiger partial charge in [-0.05, 0) is 56.2 Å². The maximum Gasteiger partial charge on any atom is 0.286 e. The van der Waals surface area contributed by atoms with Gasteiger partial charge in [-0.25, -0.2) is 0 Å². The molecule has 130 valence electrons. The number of hydrogen-bond acceptors (Lipinski definition) is 3. The van der Waals surface area contributed by atoms with Gasteiger partial charge < -0.3 is 9.30 Å². The van der Waals surface area contributed by atoms with E-state index in [9.17, 15) is 4.79 Å². The molecule has 0 atom stereocenters. The SMILES string of the molecule is CCn1c(=NC(=O)COc2ccc(Cl)cc2)sc2c(C)ccc(C)c21. The molecule has 1 aromatic heterocycles. The van der Waals surface area contributed by atoms with Gasteiger partial charge >= 0.3 is 0 Å². The molecular formula is C19H19ClN2O2S. The van der Waals surface area contributed by atoms with Crippen molar-refractivity contribution in [2.24, 2.45) is 4.99 Å². The van der Waals surface area contributed by atoms with Crippen molar-refractivity contribution in [3.8, 4) is 5.75 Å². The second-order valence-electron chi connectivity index (χ2n) is 5.75. The maximum atomic E-state index is 12.2. The molecule has 3 aromatic rings. The Labute approximate surface area is 155 Å². The molecule has 2 aromatic carbocycles. The van der Waals surface area contributed by atoms with E-state index in [4.69, 9.17) is 16.3 Å². The van der Waals surface area contributed by atoms with Gasteiger partial charge in [-0.2, -0.15) is 4.99 Å². The molecule has 0 spiro atoms. The monoisotopic (exact) mass is 374 g/mol. The predicted molar refractivity (Wildman–Crippen MR) is 102 cm³/mol. The summed E-state index contributed by atoms with van der Waals surface area (Å²) in [5.74, 6) is 0.290. The Kier molecular flexibility index (Phi) is 5.25. The van der Waals surface area contributed by atoms with Crippen molar-refractivity contribution in [1.82, 2.24) is 4.57 Å². The van der Waals surface area contributed by atoms with Crippen LogP contribution in [0.3, 0.4) is 0 Å². The van der Waals surface area contributed by atoms with E-state index in [1.807, 2.05) is 0 Å². The van der Waals surface area contributed by atoms with Crippen molar-refractivity contribution in [2.75, 3.05) is 6.61 Å². The Bertz CT molecular complexity index is 987. The van der Waals surface area contributed by atoms with Gasteiger partial charge in [-0.3, -0.25) is 4.79 Å². The standard InChI is InChI=1S/C19H19ClN2O2S/c1-4-22-17-12(2)5-6-13(3)18(17)25-19(22)21-16(23)11-24-15-9-7-14(20)8-10-15/h5-10H,4,11H2,1-3H3. The summed E-state index contributed by atoms with van der Waals surface area (Å²) in [4.78, 5) is 17.2. The van der Waals surface area contributed by atoms with Crippen LogP contribution in [0.2, 0.25) is 5.02 Å². The number of benzene rings is 2. The van der Waals surface area contributed by atoms with Crippen LogP contribution in [-0.2, 0) is 11.3 Å². The molecule has 0 bridgehead atoms. The summed E-state index contributed by atoms with van der Waals surface area (Å²) in [5, 5.41) is 0.628. The average Bonchev–Trinajstić information content (AvgIpc) is 2.97. The summed E-state index contributed by atoms with van der Waals surface area (Å²) in [5.41, 5.74) is 3.53. The van der Waals surface area contributed by atoms with E-state index >= 15 is 0 Å². The van der Waals surface area contributed by atoms with Gasteiger partial charge in [0.15, 0.2) is 11.4 Å². The molecular weight excluding hydrogens is 356 g/mol. The van der Waals surface area contributed by atoms with Crippen molar-refractivity contribution in [3.63, 3.8) is 0 Å². The number of aryl methyl sites for hydroxylation is 3. The normalized spacial score (nSPS) is 11.9. The van der Waals surface area contributed by atoms with E-state index in [2.05, 4.69) is 42.5 Å². The number of thiazole rings is 1. The molecule has 3 rings (SSSR count). The zero-order valence-electron chi connectivity index (χ0n) is 14.4. The second-order valence-corrected chi connectivity index (χ2v) is 7.17. The van der Waals surface area contributed by atoms with Gasteiger partial charge in [-0.1, -0.05) is 35.1 Å². The quantitative estimate of drug-likeness (QED) is 0.674. The van der Waals surface area contributed by atoms with Crippen LogP contribution in [0.1, 0.15) is 18.1 Å². The van der Waals surface area contributed by atoms with Crippen molar-refractivity contribution in [1.29, 1.82) is 0 Å². The van der Waals surface area contributed by atoms with Crippen LogP contribution in [0.15, 0.2) is 41.4 Å². The highest BCUT2D eigenvalue weighted by molar-refractivity contribution is 7.16. The summed E-state index contributed by atoms with van der Waals surface area (Å²) < 4.78 is 8.74. The molecule has 0 aliphatic carbocycles. The molecule has 6 heteroatoms. The lowest BCUT2D eigenvalue weighted by molar-refractivity contribution is -0.120. The molecule has 0 saturated carbocycles. The third kappa shape index (κ3) is 3.78. The molecule has 0 unspecified atom stereocenters. The van der Waals surface area contributed by atoms with Crippen LogP contribution >= 0.6 is 22.9 Å². The molecule has 0 fully saturated rings. The van der Waals surface area contributed by atoms with Crippen LogP contribution in [0.25, 0.3) is 10.2 Å². The number of hydrogen-bond donors (Lipinski definition) is 0. The lowest BCUT2D eigenvalue weighted by atomic mass is 10.1. The zero-order valence-corrected chi connectivity index (χ0v) is 15.9. The zero-order chi connectivity index (χ0) is 18.0. The van der Waals surface area contributed by atoms with Gasteiger partial charge in [0.2, 0.25) is 0 Å². The van der Waals surface area contributed by atoms with Crippen LogP contribution in [0.4, 0.5) is 0 Å². The highest BCUT2D eigenvalue weighted by Gasteiger charge is 2.11. The predicted octanol–water partition coefficient (Wildman–Crippen LogP) is 4.50. The highest BCUT2D eigenvalue weighted by Crippen LogP contribution is 2.24. The number of halogens is 1. The molecule has 1 heterocycles. The lowest BCUT2D eigenvalue weighted by Gasteiger charge is -2.05. The average molecular weight is 375 g/mol. The van der Waals surface area contributed by atoms with Gasteiger partial charge in [0.05, 0.1) is 10.2 Å². The number of fused-ring (bicyclic) bond motifs is 1. The highest BCUT2D eigenvalue weighted by atomic mass is 35.5. The molecule has 4 nitrogen and oxygen atoms in total. The first-order valence-corrected chi connectivity index (χ1v) is 9.24. The van der Waals surface area contributed by atoms with E-state index in [0.717, 1.165) is 12.1 Å². The number of carbonyl (C=O) groups excluding carboxylic acids is 1. The number of nitrogens with zero attached hydrogens (tertiary/aromatic N) is 2. The molecule has 0 radical (unpaired) electrons. The Hall–Kier alpha value is -2.11. The third-order valence-corrected chi connectivity index (χ3v) is 5.40. The minimum absolute atomic E-state index is 0.0996. The van der Waals surface area contributed by atoms with Gasteiger partial charge in [0, 0.05) is 11.6 Å². The molecule has 0 saturated heterocycles. The number of amides is 1. The van der Waals surface area contributed by atoms with Crippen LogP contribution in [-0.4, -0.2) is 17.1 Å². The van der Waals surface area contributed by atoms with E-state index in [0.29, 0.717) is 15.6 Å². The second kappa shape index (κ2) is 7.42. The Morgan fingerprint density at radius 2 is 1.84 bits per heavy atom. The first kappa shape index (κ1) is 17.7. The van der Waals surface area contributed by atoms with E-state index < -0.39 is 0 Å². The fraction of sp³-hybridized carbons (Fsp3) is 0.263.